The summed E-state index contributed by atoms with van der Waals surface area (Å²) in [6.07, 6.45) is 9.11. The fraction of sp³-hybridized carbons (Fsp3) is 0.906. The van der Waals surface area contributed by atoms with Crippen LogP contribution in [0.25, 0.3) is 0 Å². The summed E-state index contributed by atoms with van der Waals surface area (Å²) in [5.74, 6) is 1.31. The van der Waals surface area contributed by atoms with Gasteiger partial charge in [-0.1, -0.05) is 0 Å². The quantitative estimate of drug-likeness (QED) is 0.221. The van der Waals surface area contributed by atoms with Crippen LogP contribution < -0.4 is 17.0 Å². The first-order valence-electron chi connectivity index (χ1n) is 15.6. The molecular weight excluding hydrogens is 695 g/mol. The number of hydrogen-bond acceptors (Lipinski definition) is 8. The van der Waals surface area contributed by atoms with Gasteiger partial charge in [0.2, 0.25) is 5.91 Å². The fourth-order valence-electron chi connectivity index (χ4n) is 5.29. The van der Waals surface area contributed by atoms with Gasteiger partial charge in [-0.25, -0.2) is 21.9 Å². The van der Waals surface area contributed by atoms with Gasteiger partial charge in [0, 0.05) is 32.1 Å². The summed E-state index contributed by atoms with van der Waals surface area (Å²) in [5, 5.41) is 1.26. The number of nitrogens with zero attached hydrogens (tertiary/aromatic N) is 1. The first-order chi connectivity index (χ1) is 19.2. The van der Waals surface area contributed by atoms with E-state index in [1.165, 1.54) is 25.0 Å². The van der Waals surface area contributed by atoms with Gasteiger partial charge in [-0.3, -0.25) is 14.4 Å². The van der Waals surface area contributed by atoms with E-state index < -0.39 is 29.2 Å². The van der Waals surface area contributed by atoms with Crippen molar-refractivity contribution in [3.63, 3.8) is 0 Å². The summed E-state index contributed by atoms with van der Waals surface area (Å²) < 4.78 is 52.1. The molecule has 2 saturated carbocycles. The van der Waals surface area contributed by atoms with Gasteiger partial charge in [0.05, 0.1) is 28.1 Å². The topological polar surface area (TPSA) is 124 Å². The van der Waals surface area contributed by atoms with Crippen molar-refractivity contribution in [1.82, 2.24) is 5.06 Å². The Balaban J connectivity index is -0.000000643. The molecule has 0 aromatic carbocycles. The third-order valence-electron chi connectivity index (χ3n) is 8.81. The Bertz CT molecular complexity index is 1040. The Morgan fingerprint density at radius 1 is 0.733 bits per heavy atom. The maximum atomic E-state index is 12.2. The Morgan fingerprint density at radius 3 is 1.31 bits per heavy atom. The molecule has 0 bridgehead atoms. The second-order valence-electron chi connectivity index (χ2n) is 14.2. The van der Waals surface area contributed by atoms with Gasteiger partial charge >= 0.3 is 23.1 Å². The molecule has 0 aromatic heterocycles. The van der Waals surface area contributed by atoms with Crippen molar-refractivity contribution >= 4 is 54.4 Å². The minimum Gasteiger partial charge on any atom is -1.00 e. The fourth-order valence-corrected chi connectivity index (χ4v) is 8.20. The third kappa shape index (κ3) is 17.4. The zero-order chi connectivity index (χ0) is 32.4. The van der Waals surface area contributed by atoms with Crippen LogP contribution in [0.5, 0.6) is 0 Å². The van der Waals surface area contributed by atoms with Crippen molar-refractivity contribution in [1.29, 1.82) is 0 Å². The second kappa shape index (κ2) is 22.0. The van der Waals surface area contributed by atoms with Crippen LogP contribution in [0.15, 0.2) is 0 Å². The van der Waals surface area contributed by atoms with Crippen molar-refractivity contribution in [2.45, 2.75) is 122 Å². The number of sulfone groups is 2. The Labute approximate surface area is 302 Å². The predicted molar refractivity (Wildman–Crippen MR) is 181 cm³/mol. The number of hydrogen-bond donors (Lipinski definition) is 0. The smallest absolute Gasteiger partial charge is 1.00 e. The number of ketones is 1. The molecule has 45 heavy (non-hydrogen) atoms. The summed E-state index contributed by atoms with van der Waals surface area (Å²) in [6.45, 7) is 14.1. The van der Waals surface area contributed by atoms with Crippen molar-refractivity contribution in [2.75, 3.05) is 38.9 Å². The number of carbonyl (C=O) groups excluding carboxylic acids is 2. The van der Waals surface area contributed by atoms with Gasteiger partial charge in [-0.05, 0) is 125 Å². The zero-order valence-corrected chi connectivity index (χ0v) is 34.5. The van der Waals surface area contributed by atoms with Crippen molar-refractivity contribution in [3.05, 3.63) is 7.43 Å². The van der Waals surface area contributed by atoms with Gasteiger partial charge in [-0.2, -0.15) is 0 Å². The molecule has 3 aliphatic rings. The molecule has 0 spiro atoms. The van der Waals surface area contributed by atoms with Crippen LogP contribution in [0.2, 0.25) is 0 Å². The van der Waals surface area contributed by atoms with Crippen LogP contribution in [0.1, 0.15) is 113 Å². The standard InChI is InChI=1S/C14H27NO4S.C13H24O3S.C4H8O.CH3.BrH.Mg/c1-14(2,3)20(17,18)10-11-6-8-12(9-7-11)13(16)15(4)19-5;1-10(14)12-7-5-11(6-8-12)9-17(15,16)13(2,3)4;1-2-4-5-3-1;;;/h11-12H,6-10H2,1-5H3;11-12H,5-9H2,1-4H3;1-4H2;1H3;1H;/q;;;-1;;+2/p-1. The van der Waals surface area contributed by atoms with E-state index in [2.05, 4.69) is 0 Å². The van der Waals surface area contributed by atoms with Crippen LogP contribution in [0.3, 0.4) is 0 Å². The molecule has 0 unspecified atom stereocenters. The van der Waals surface area contributed by atoms with Crippen LogP contribution in [0, 0.1) is 31.1 Å². The minimum absolute atomic E-state index is 0. The van der Waals surface area contributed by atoms with Crippen LogP contribution in [-0.2, 0) is 38.8 Å². The first-order valence-corrected chi connectivity index (χ1v) is 18.9. The molecule has 1 saturated heterocycles. The van der Waals surface area contributed by atoms with Gasteiger partial charge < -0.3 is 29.1 Å². The molecule has 3 rings (SSSR count). The van der Waals surface area contributed by atoms with E-state index in [9.17, 15) is 26.4 Å². The molecule has 0 N–H and O–H groups in total. The number of hydroxylamine groups is 2. The first kappa shape index (κ1) is 49.6. The van der Waals surface area contributed by atoms with E-state index >= 15 is 0 Å². The number of Topliss-reactive ketones (excluding diaryl/α,β-unsaturated/α-hetero) is 1. The summed E-state index contributed by atoms with van der Waals surface area (Å²) >= 11 is 0. The molecule has 1 aliphatic heterocycles. The Hall–Kier alpha value is 0.206. The molecule has 1 heterocycles. The van der Waals surface area contributed by atoms with E-state index in [-0.39, 0.29) is 94.3 Å². The number of amides is 1. The monoisotopic (exact) mass is 755 g/mol. The van der Waals surface area contributed by atoms with Gasteiger partial charge in [0.25, 0.3) is 0 Å². The van der Waals surface area contributed by atoms with E-state index in [0.29, 0.717) is 0 Å². The Morgan fingerprint density at radius 2 is 1.07 bits per heavy atom. The van der Waals surface area contributed by atoms with E-state index in [0.717, 1.165) is 64.6 Å². The molecular formula is C32H62BrMgNO8S2. The molecule has 264 valence electrons. The van der Waals surface area contributed by atoms with Gasteiger partial charge in [0.1, 0.15) is 5.78 Å². The van der Waals surface area contributed by atoms with Crippen LogP contribution >= 0.6 is 0 Å². The maximum Gasteiger partial charge on any atom is 2.00 e. The SMILES string of the molecule is C1CCOC1.CC(=O)C1CCC(CS(=O)(=O)C(C)(C)C)CC1.CON(C)C(=O)C1CCC(CS(=O)(=O)C(C)(C)C)CC1.[Br-].[CH3-].[Mg+2]. The van der Waals surface area contributed by atoms with Crippen molar-refractivity contribution < 1.29 is 53.0 Å². The van der Waals surface area contributed by atoms with Crippen LogP contribution in [0.4, 0.5) is 0 Å². The molecule has 0 aromatic rings. The molecule has 13 heteroatoms. The number of rotatable bonds is 7. The van der Waals surface area contributed by atoms with Gasteiger partial charge in [0.15, 0.2) is 19.7 Å². The van der Waals surface area contributed by atoms with E-state index in [4.69, 9.17) is 9.57 Å². The summed E-state index contributed by atoms with van der Waals surface area (Å²) in [6, 6.07) is 0. The summed E-state index contributed by atoms with van der Waals surface area (Å²) in [4.78, 5) is 28.1. The number of halogens is 1. The third-order valence-corrected chi connectivity index (χ3v) is 14.4. The summed E-state index contributed by atoms with van der Waals surface area (Å²) in [5.41, 5.74) is 0. The summed E-state index contributed by atoms with van der Waals surface area (Å²) in [7, 11) is -3.01. The number of carbonyl (C=O) groups is 2. The minimum atomic E-state index is -3.08. The predicted octanol–water partition coefficient (Wildman–Crippen LogP) is 2.49. The molecule has 1 amide bonds. The van der Waals surface area contributed by atoms with E-state index in [1.807, 2.05) is 0 Å². The second-order valence-corrected chi connectivity index (χ2v) is 19.7. The normalized spacial score (nSPS) is 23.7. The average Bonchev–Trinajstić information content (AvgIpc) is 3.48. The van der Waals surface area contributed by atoms with Gasteiger partial charge in [-0.15, -0.1) is 0 Å². The average molecular weight is 757 g/mol. The largest absolute Gasteiger partial charge is 2.00 e. The zero-order valence-electron chi connectivity index (χ0n) is 29.8. The molecule has 3 fully saturated rings. The molecule has 0 radical (unpaired) electrons. The van der Waals surface area contributed by atoms with Crippen LogP contribution in [-0.4, -0.2) is 105 Å². The van der Waals surface area contributed by atoms with E-state index in [1.54, 1.807) is 55.5 Å². The molecule has 0 atom stereocenters. The maximum absolute atomic E-state index is 12.2. The molecule has 9 nitrogen and oxygen atoms in total. The van der Waals surface area contributed by atoms with Crippen molar-refractivity contribution in [3.8, 4) is 0 Å². The molecule has 2 aliphatic carbocycles. The Kier molecular flexibility index (Phi) is 24.3. The number of ether oxygens (including phenoxy) is 1. The van der Waals surface area contributed by atoms with Crippen molar-refractivity contribution in [2.24, 2.45) is 23.7 Å².